The van der Waals surface area contributed by atoms with Crippen LogP contribution in [0.2, 0.25) is 0 Å². The summed E-state index contributed by atoms with van der Waals surface area (Å²) in [5.41, 5.74) is 0.0987. The van der Waals surface area contributed by atoms with Gasteiger partial charge in [0.25, 0.3) is 0 Å². The Hall–Kier alpha value is -1.10. The van der Waals surface area contributed by atoms with Crippen molar-refractivity contribution in [1.82, 2.24) is 4.98 Å². The van der Waals surface area contributed by atoms with Gasteiger partial charge in [0.05, 0.1) is 12.3 Å². The highest BCUT2D eigenvalue weighted by Gasteiger charge is 2.35. The molecule has 0 amide bonds. The number of thiazole rings is 1. The lowest BCUT2D eigenvalue weighted by Crippen LogP contribution is -2.31. The van der Waals surface area contributed by atoms with E-state index in [2.05, 4.69) is 17.2 Å². The summed E-state index contributed by atoms with van der Waals surface area (Å²) in [5, 5.41) is 6.19. The fourth-order valence-electron chi connectivity index (χ4n) is 1.96. The second-order valence-corrected chi connectivity index (χ2v) is 6.60. The molecule has 1 aliphatic carbocycles. The van der Waals surface area contributed by atoms with Crippen molar-refractivity contribution in [2.75, 3.05) is 18.5 Å². The molecule has 1 saturated carbocycles. The van der Waals surface area contributed by atoms with E-state index in [-0.39, 0.29) is 5.97 Å². The molecule has 0 aliphatic heterocycles. The average molecular weight is 282 g/mol. The first-order valence-electron chi connectivity index (χ1n) is 6.82. The molecular formula is C14H22N2O2S. The van der Waals surface area contributed by atoms with E-state index in [1.165, 1.54) is 6.42 Å². The van der Waals surface area contributed by atoms with Crippen molar-refractivity contribution in [2.24, 2.45) is 11.8 Å². The molecule has 0 radical (unpaired) electrons. The van der Waals surface area contributed by atoms with Gasteiger partial charge in [0.15, 0.2) is 5.13 Å². The van der Waals surface area contributed by atoms with Crippen LogP contribution in [0.5, 0.6) is 0 Å². The van der Waals surface area contributed by atoms with Crippen LogP contribution in [-0.2, 0) is 14.9 Å². The molecule has 5 heteroatoms. The SMILES string of the molecule is CCOC(=O)C(C)(C)c1csc(NCC2CC2C)n1. The Labute approximate surface area is 118 Å². The van der Waals surface area contributed by atoms with Crippen LogP contribution in [0.1, 0.15) is 39.8 Å². The van der Waals surface area contributed by atoms with Crippen LogP contribution in [0.4, 0.5) is 5.13 Å². The summed E-state index contributed by atoms with van der Waals surface area (Å²) in [7, 11) is 0. The number of nitrogens with one attached hydrogen (secondary N) is 1. The van der Waals surface area contributed by atoms with Gasteiger partial charge >= 0.3 is 5.97 Å². The first kappa shape index (κ1) is 14.3. The lowest BCUT2D eigenvalue weighted by Gasteiger charge is -2.19. The lowest BCUT2D eigenvalue weighted by atomic mass is 9.90. The normalized spacial score (nSPS) is 22.1. The predicted molar refractivity (Wildman–Crippen MR) is 77.5 cm³/mol. The highest BCUT2D eigenvalue weighted by Crippen LogP contribution is 2.38. The Morgan fingerprint density at radius 3 is 2.89 bits per heavy atom. The summed E-state index contributed by atoms with van der Waals surface area (Å²) >= 11 is 1.55. The Morgan fingerprint density at radius 2 is 2.32 bits per heavy atom. The predicted octanol–water partition coefficient (Wildman–Crippen LogP) is 3.05. The second-order valence-electron chi connectivity index (χ2n) is 5.74. The Morgan fingerprint density at radius 1 is 1.63 bits per heavy atom. The van der Waals surface area contributed by atoms with Gasteiger partial charge in [-0.05, 0) is 39.0 Å². The molecular weight excluding hydrogens is 260 g/mol. The Kier molecular flexibility index (Phi) is 4.13. The first-order valence-corrected chi connectivity index (χ1v) is 7.70. The molecule has 0 spiro atoms. The van der Waals surface area contributed by atoms with E-state index in [4.69, 9.17) is 4.74 Å². The maximum Gasteiger partial charge on any atom is 0.317 e. The van der Waals surface area contributed by atoms with Gasteiger partial charge < -0.3 is 10.1 Å². The summed E-state index contributed by atoms with van der Waals surface area (Å²) in [6.07, 6.45) is 1.31. The van der Waals surface area contributed by atoms with Gasteiger partial charge in [-0.15, -0.1) is 11.3 Å². The van der Waals surface area contributed by atoms with Crippen molar-refractivity contribution in [3.05, 3.63) is 11.1 Å². The fraction of sp³-hybridized carbons (Fsp3) is 0.714. The molecule has 1 heterocycles. The molecule has 2 atom stereocenters. The molecule has 106 valence electrons. The molecule has 4 nitrogen and oxygen atoms in total. The van der Waals surface area contributed by atoms with Crippen molar-refractivity contribution in [2.45, 2.75) is 39.5 Å². The molecule has 0 aromatic carbocycles. The minimum absolute atomic E-state index is 0.220. The van der Waals surface area contributed by atoms with Gasteiger partial charge in [-0.25, -0.2) is 4.98 Å². The van der Waals surface area contributed by atoms with Crippen LogP contribution in [0.15, 0.2) is 5.38 Å². The number of carbonyl (C=O) groups excluding carboxylic acids is 1. The Balaban J connectivity index is 1.96. The van der Waals surface area contributed by atoms with Crippen LogP contribution in [0.3, 0.4) is 0 Å². The van der Waals surface area contributed by atoms with Gasteiger partial charge in [0, 0.05) is 11.9 Å². The fourth-order valence-corrected chi connectivity index (χ4v) is 2.85. The van der Waals surface area contributed by atoms with Gasteiger partial charge in [-0.3, -0.25) is 4.79 Å². The topological polar surface area (TPSA) is 51.2 Å². The van der Waals surface area contributed by atoms with Crippen molar-refractivity contribution >= 4 is 22.4 Å². The minimum Gasteiger partial charge on any atom is -0.465 e. The molecule has 1 aliphatic rings. The molecule has 19 heavy (non-hydrogen) atoms. The summed E-state index contributed by atoms with van der Waals surface area (Å²) in [6.45, 7) is 9.17. The van der Waals surface area contributed by atoms with Crippen molar-refractivity contribution in [3.63, 3.8) is 0 Å². The van der Waals surface area contributed by atoms with E-state index in [1.54, 1.807) is 11.3 Å². The van der Waals surface area contributed by atoms with Gasteiger partial charge in [-0.1, -0.05) is 6.92 Å². The summed E-state index contributed by atoms with van der Waals surface area (Å²) in [4.78, 5) is 16.4. The zero-order valence-electron chi connectivity index (χ0n) is 12.0. The quantitative estimate of drug-likeness (QED) is 0.815. The number of carbonyl (C=O) groups is 1. The summed E-state index contributed by atoms with van der Waals surface area (Å²) in [5.74, 6) is 1.40. The van der Waals surface area contributed by atoms with E-state index < -0.39 is 5.41 Å². The number of esters is 1. The van der Waals surface area contributed by atoms with Crippen molar-refractivity contribution < 1.29 is 9.53 Å². The zero-order chi connectivity index (χ0) is 14.0. The van der Waals surface area contributed by atoms with Gasteiger partial charge in [0.2, 0.25) is 0 Å². The zero-order valence-corrected chi connectivity index (χ0v) is 12.8. The third kappa shape index (κ3) is 3.26. The molecule has 2 unspecified atom stereocenters. The smallest absolute Gasteiger partial charge is 0.317 e. The number of ether oxygens (including phenoxy) is 1. The third-order valence-electron chi connectivity index (χ3n) is 3.72. The molecule has 1 N–H and O–H groups in total. The van der Waals surface area contributed by atoms with Gasteiger partial charge in [-0.2, -0.15) is 0 Å². The van der Waals surface area contributed by atoms with E-state index in [1.807, 2.05) is 26.2 Å². The molecule has 0 bridgehead atoms. The van der Waals surface area contributed by atoms with E-state index in [0.29, 0.717) is 6.61 Å². The van der Waals surface area contributed by atoms with Gasteiger partial charge in [0.1, 0.15) is 5.41 Å². The van der Waals surface area contributed by atoms with Crippen LogP contribution in [0, 0.1) is 11.8 Å². The van der Waals surface area contributed by atoms with Crippen LogP contribution >= 0.6 is 11.3 Å². The lowest BCUT2D eigenvalue weighted by molar-refractivity contribution is -0.148. The number of hydrogen-bond acceptors (Lipinski definition) is 5. The standard InChI is InChI=1S/C14H22N2O2S/c1-5-18-12(17)14(3,4)11-8-19-13(16-11)15-7-10-6-9(10)2/h8-10H,5-7H2,1-4H3,(H,15,16). The van der Waals surface area contributed by atoms with Crippen LogP contribution < -0.4 is 5.32 Å². The van der Waals surface area contributed by atoms with E-state index >= 15 is 0 Å². The molecule has 2 rings (SSSR count). The van der Waals surface area contributed by atoms with E-state index in [9.17, 15) is 4.79 Å². The number of rotatable bonds is 6. The second kappa shape index (κ2) is 5.49. The number of nitrogens with zero attached hydrogens (tertiary/aromatic N) is 1. The highest BCUT2D eigenvalue weighted by molar-refractivity contribution is 7.13. The maximum atomic E-state index is 11.9. The minimum atomic E-state index is -0.681. The third-order valence-corrected chi connectivity index (χ3v) is 4.52. The van der Waals surface area contributed by atoms with Crippen molar-refractivity contribution in [1.29, 1.82) is 0 Å². The monoisotopic (exact) mass is 282 g/mol. The first-order chi connectivity index (χ1) is 8.95. The summed E-state index contributed by atoms with van der Waals surface area (Å²) < 4.78 is 5.10. The van der Waals surface area contributed by atoms with Crippen molar-refractivity contribution in [3.8, 4) is 0 Å². The highest BCUT2D eigenvalue weighted by atomic mass is 32.1. The maximum absolute atomic E-state index is 11.9. The van der Waals surface area contributed by atoms with Crippen LogP contribution in [-0.4, -0.2) is 24.1 Å². The largest absolute Gasteiger partial charge is 0.465 e. The molecule has 1 aromatic rings. The molecule has 1 fully saturated rings. The number of hydrogen-bond donors (Lipinski definition) is 1. The average Bonchev–Trinajstić information content (AvgIpc) is 2.88. The van der Waals surface area contributed by atoms with E-state index in [0.717, 1.165) is 29.2 Å². The molecule has 1 aromatic heterocycles. The number of anilines is 1. The summed E-state index contributed by atoms with van der Waals surface area (Å²) in [6, 6.07) is 0. The molecule has 0 saturated heterocycles. The number of aromatic nitrogens is 1. The van der Waals surface area contributed by atoms with Crippen LogP contribution in [0.25, 0.3) is 0 Å². The Bertz CT molecular complexity index is 456.